The lowest BCUT2D eigenvalue weighted by molar-refractivity contribution is 0.132. The standard InChI is InChI=1S/C15H27N3O/c1-11(2)6-8-19-9-7-16-14-10-13(5)17-15(18-14)12(3)4/h10-12H,6-9H2,1-5H3,(H,16,17,18). The van der Waals surface area contributed by atoms with E-state index in [0.29, 0.717) is 18.4 Å². The molecule has 0 radical (unpaired) electrons. The third kappa shape index (κ3) is 6.53. The Morgan fingerprint density at radius 2 is 1.89 bits per heavy atom. The highest BCUT2D eigenvalue weighted by Crippen LogP contribution is 2.13. The van der Waals surface area contributed by atoms with Crippen molar-refractivity contribution in [1.29, 1.82) is 0 Å². The third-order valence-corrected chi connectivity index (χ3v) is 2.78. The summed E-state index contributed by atoms with van der Waals surface area (Å²) in [6, 6.07) is 1.97. The maximum atomic E-state index is 5.57. The zero-order chi connectivity index (χ0) is 14.3. The van der Waals surface area contributed by atoms with E-state index in [1.807, 2.05) is 13.0 Å². The lowest BCUT2D eigenvalue weighted by Crippen LogP contribution is -2.13. The fraction of sp³-hybridized carbons (Fsp3) is 0.733. The van der Waals surface area contributed by atoms with Gasteiger partial charge in [0.1, 0.15) is 11.6 Å². The Hall–Kier alpha value is -1.16. The Morgan fingerprint density at radius 3 is 2.53 bits per heavy atom. The molecule has 1 aromatic heterocycles. The summed E-state index contributed by atoms with van der Waals surface area (Å²) in [6.45, 7) is 13.0. The van der Waals surface area contributed by atoms with Gasteiger partial charge in [0.15, 0.2) is 0 Å². The predicted molar refractivity (Wildman–Crippen MR) is 79.6 cm³/mol. The second-order valence-corrected chi connectivity index (χ2v) is 5.63. The molecule has 108 valence electrons. The molecular formula is C15H27N3O. The molecule has 0 bridgehead atoms. The smallest absolute Gasteiger partial charge is 0.133 e. The number of nitrogens with one attached hydrogen (secondary N) is 1. The van der Waals surface area contributed by atoms with Crippen LogP contribution < -0.4 is 5.32 Å². The number of ether oxygens (including phenoxy) is 1. The Kier molecular flexibility index (Phi) is 6.78. The van der Waals surface area contributed by atoms with Crippen LogP contribution in [0.2, 0.25) is 0 Å². The van der Waals surface area contributed by atoms with Crippen LogP contribution in [0, 0.1) is 12.8 Å². The largest absolute Gasteiger partial charge is 0.380 e. The molecule has 0 aliphatic rings. The Labute approximate surface area is 117 Å². The summed E-state index contributed by atoms with van der Waals surface area (Å²) < 4.78 is 5.57. The van der Waals surface area contributed by atoms with E-state index < -0.39 is 0 Å². The number of rotatable bonds is 8. The number of nitrogens with zero attached hydrogens (tertiary/aromatic N) is 2. The summed E-state index contributed by atoms with van der Waals surface area (Å²) in [5, 5.41) is 3.29. The van der Waals surface area contributed by atoms with Crippen molar-refractivity contribution in [3.8, 4) is 0 Å². The zero-order valence-electron chi connectivity index (χ0n) is 12.9. The van der Waals surface area contributed by atoms with E-state index in [2.05, 4.69) is 43.0 Å². The normalized spacial score (nSPS) is 11.3. The molecule has 0 aliphatic carbocycles. The number of anilines is 1. The third-order valence-electron chi connectivity index (χ3n) is 2.78. The Balaban J connectivity index is 2.33. The molecule has 1 N–H and O–H groups in total. The molecule has 4 nitrogen and oxygen atoms in total. The van der Waals surface area contributed by atoms with Gasteiger partial charge in [0.05, 0.1) is 6.61 Å². The highest BCUT2D eigenvalue weighted by Gasteiger charge is 2.05. The fourth-order valence-electron chi connectivity index (χ4n) is 1.61. The molecular weight excluding hydrogens is 238 g/mol. The molecule has 0 fully saturated rings. The van der Waals surface area contributed by atoms with E-state index in [1.165, 1.54) is 0 Å². The van der Waals surface area contributed by atoms with Crippen molar-refractivity contribution in [2.75, 3.05) is 25.1 Å². The molecule has 0 aromatic carbocycles. The monoisotopic (exact) mass is 265 g/mol. The number of hydrogen-bond acceptors (Lipinski definition) is 4. The van der Waals surface area contributed by atoms with Gasteiger partial charge in [0.2, 0.25) is 0 Å². The summed E-state index contributed by atoms with van der Waals surface area (Å²) in [4.78, 5) is 8.93. The summed E-state index contributed by atoms with van der Waals surface area (Å²) in [5.74, 6) is 2.83. The molecule has 19 heavy (non-hydrogen) atoms. The highest BCUT2D eigenvalue weighted by molar-refractivity contribution is 5.36. The Morgan fingerprint density at radius 1 is 1.16 bits per heavy atom. The van der Waals surface area contributed by atoms with Gasteiger partial charge in [-0.1, -0.05) is 27.7 Å². The molecule has 0 spiro atoms. The van der Waals surface area contributed by atoms with E-state index in [9.17, 15) is 0 Å². The predicted octanol–water partition coefficient (Wildman–Crippen LogP) is 3.38. The van der Waals surface area contributed by atoms with Gasteiger partial charge in [0, 0.05) is 30.8 Å². The van der Waals surface area contributed by atoms with Crippen LogP contribution in [0.1, 0.15) is 51.6 Å². The van der Waals surface area contributed by atoms with Gasteiger partial charge in [-0.15, -0.1) is 0 Å². The van der Waals surface area contributed by atoms with Gasteiger partial charge in [-0.2, -0.15) is 0 Å². The second kappa shape index (κ2) is 8.10. The average molecular weight is 265 g/mol. The minimum Gasteiger partial charge on any atom is -0.380 e. The quantitative estimate of drug-likeness (QED) is 0.732. The van der Waals surface area contributed by atoms with Crippen LogP contribution in [0.5, 0.6) is 0 Å². The molecule has 1 rings (SSSR count). The van der Waals surface area contributed by atoms with Gasteiger partial charge >= 0.3 is 0 Å². The van der Waals surface area contributed by atoms with E-state index in [4.69, 9.17) is 4.74 Å². The van der Waals surface area contributed by atoms with Crippen molar-refractivity contribution in [2.45, 2.75) is 47.0 Å². The van der Waals surface area contributed by atoms with Crippen LogP contribution in [0.15, 0.2) is 6.07 Å². The first-order valence-corrected chi connectivity index (χ1v) is 7.16. The first-order chi connectivity index (χ1) is 8.99. The van der Waals surface area contributed by atoms with Crippen molar-refractivity contribution < 1.29 is 4.74 Å². The van der Waals surface area contributed by atoms with Gasteiger partial charge in [-0.05, 0) is 19.3 Å². The Bertz CT molecular complexity index is 378. The number of aromatic nitrogens is 2. The maximum Gasteiger partial charge on any atom is 0.133 e. The summed E-state index contributed by atoms with van der Waals surface area (Å²) in [6.07, 6.45) is 1.12. The lowest BCUT2D eigenvalue weighted by Gasteiger charge is -2.11. The van der Waals surface area contributed by atoms with Crippen LogP contribution in [0.25, 0.3) is 0 Å². The minimum absolute atomic E-state index is 0.350. The molecule has 1 heterocycles. The molecule has 0 amide bonds. The van der Waals surface area contributed by atoms with E-state index in [0.717, 1.165) is 36.9 Å². The van der Waals surface area contributed by atoms with E-state index >= 15 is 0 Å². The summed E-state index contributed by atoms with van der Waals surface area (Å²) in [5.41, 5.74) is 1.00. The first kappa shape index (κ1) is 15.9. The molecule has 4 heteroatoms. The van der Waals surface area contributed by atoms with Crippen molar-refractivity contribution in [1.82, 2.24) is 9.97 Å². The average Bonchev–Trinajstić information content (AvgIpc) is 2.32. The van der Waals surface area contributed by atoms with Gasteiger partial charge in [-0.25, -0.2) is 9.97 Å². The van der Waals surface area contributed by atoms with Crippen LogP contribution in [0.4, 0.5) is 5.82 Å². The summed E-state index contributed by atoms with van der Waals surface area (Å²) >= 11 is 0. The molecule has 0 aliphatic heterocycles. The molecule has 0 saturated carbocycles. The number of hydrogen-bond donors (Lipinski definition) is 1. The highest BCUT2D eigenvalue weighted by atomic mass is 16.5. The van der Waals surface area contributed by atoms with Crippen LogP contribution in [-0.2, 0) is 4.74 Å². The van der Waals surface area contributed by atoms with Crippen molar-refractivity contribution in [3.63, 3.8) is 0 Å². The zero-order valence-corrected chi connectivity index (χ0v) is 12.9. The maximum absolute atomic E-state index is 5.57. The van der Waals surface area contributed by atoms with Crippen molar-refractivity contribution >= 4 is 5.82 Å². The fourth-order valence-corrected chi connectivity index (χ4v) is 1.61. The topological polar surface area (TPSA) is 47.0 Å². The van der Waals surface area contributed by atoms with Crippen LogP contribution in [0.3, 0.4) is 0 Å². The minimum atomic E-state index is 0.350. The van der Waals surface area contributed by atoms with E-state index in [-0.39, 0.29) is 0 Å². The van der Waals surface area contributed by atoms with Gasteiger partial charge < -0.3 is 10.1 Å². The van der Waals surface area contributed by atoms with Crippen molar-refractivity contribution in [3.05, 3.63) is 17.6 Å². The second-order valence-electron chi connectivity index (χ2n) is 5.63. The van der Waals surface area contributed by atoms with Gasteiger partial charge in [-0.3, -0.25) is 0 Å². The van der Waals surface area contributed by atoms with Crippen molar-refractivity contribution in [2.24, 2.45) is 5.92 Å². The van der Waals surface area contributed by atoms with Crippen LogP contribution >= 0.6 is 0 Å². The molecule has 0 saturated heterocycles. The molecule has 1 aromatic rings. The summed E-state index contributed by atoms with van der Waals surface area (Å²) in [7, 11) is 0. The van der Waals surface area contributed by atoms with Crippen LogP contribution in [-0.4, -0.2) is 29.7 Å². The SMILES string of the molecule is Cc1cc(NCCOCCC(C)C)nc(C(C)C)n1. The first-order valence-electron chi connectivity index (χ1n) is 7.16. The lowest BCUT2D eigenvalue weighted by atomic mass is 10.1. The molecule has 0 atom stereocenters. The number of aryl methyl sites for hydroxylation is 1. The van der Waals surface area contributed by atoms with E-state index in [1.54, 1.807) is 0 Å². The van der Waals surface area contributed by atoms with Gasteiger partial charge in [0.25, 0.3) is 0 Å². The molecule has 0 unspecified atom stereocenters.